The van der Waals surface area contributed by atoms with Gasteiger partial charge in [-0.05, 0) is 24.6 Å². The first kappa shape index (κ1) is 12.4. The fourth-order valence-electron chi connectivity index (χ4n) is 1.90. The number of phenols is 1. The van der Waals surface area contributed by atoms with E-state index in [2.05, 4.69) is 10.2 Å². The Bertz CT molecular complexity index is 612. The lowest BCUT2D eigenvalue weighted by Gasteiger charge is -2.20. The molecule has 5 nitrogen and oxygen atoms in total. The summed E-state index contributed by atoms with van der Waals surface area (Å²) >= 11 is 2.97. The van der Waals surface area contributed by atoms with E-state index in [-0.39, 0.29) is 17.0 Å². The van der Waals surface area contributed by atoms with E-state index >= 15 is 0 Å². The lowest BCUT2D eigenvalue weighted by Crippen LogP contribution is -2.27. The maximum Gasteiger partial charge on any atom is 0.240 e. The minimum atomic E-state index is -0.0968. The van der Waals surface area contributed by atoms with Gasteiger partial charge in [0.1, 0.15) is 16.1 Å². The average Bonchev–Trinajstić information content (AvgIpc) is 2.96. The third kappa shape index (κ3) is 2.31. The molecule has 0 bridgehead atoms. The zero-order valence-electron chi connectivity index (χ0n) is 10.1. The summed E-state index contributed by atoms with van der Waals surface area (Å²) < 4.78 is 0. The molecule has 1 fully saturated rings. The summed E-state index contributed by atoms with van der Waals surface area (Å²) in [7, 11) is 0. The number of rotatable bonds is 2. The minimum Gasteiger partial charge on any atom is -0.508 e. The molecule has 0 radical (unpaired) electrons. The van der Waals surface area contributed by atoms with Crippen molar-refractivity contribution in [2.24, 2.45) is 0 Å². The van der Waals surface area contributed by atoms with Crippen LogP contribution in [0.1, 0.15) is 15.9 Å². The van der Waals surface area contributed by atoms with E-state index in [0.717, 1.165) is 10.6 Å². The van der Waals surface area contributed by atoms with E-state index in [0.29, 0.717) is 10.9 Å². The van der Waals surface area contributed by atoms with Gasteiger partial charge in [-0.3, -0.25) is 9.69 Å². The third-order valence-electron chi connectivity index (χ3n) is 2.77. The second-order valence-corrected chi connectivity index (χ2v) is 6.35. The van der Waals surface area contributed by atoms with Gasteiger partial charge in [0.2, 0.25) is 11.0 Å². The van der Waals surface area contributed by atoms with Gasteiger partial charge in [0, 0.05) is 0 Å². The van der Waals surface area contributed by atoms with Crippen LogP contribution in [0.5, 0.6) is 5.75 Å². The highest BCUT2D eigenvalue weighted by molar-refractivity contribution is 8.00. The smallest absolute Gasteiger partial charge is 0.240 e. The van der Waals surface area contributed by atoms with Crippen LogP contribution in [0.2, 0.25) is 0 Å². The van der Waals surface area contributed by atoms with Crippen LogP contribution in [0, 0.1) is 6.92 Å². The first-order valence-electron chi connectivity index (χ1n) is 5.68. The maximum atomic E-state index is 12.0. The second kappa shape index (κ2) is 4.82. The second-order valence-electron chi connectivity index (χ2n) is 4.12. The van der Waals surface area contributed by atoms with Gasteiger partial charge in [-0.1, -0.05) is 23.5 Å². The van der Waals surface area contributed by atoms with Gasteiger partial charge < -0.3 is 5.11 Å². The van der Waals surface area contributed by atoms with Crippen LogP contribution >= 0.6 is 23.1 Å². The Morgan fingerprint density at radius 2 is 2.05 bits per heavy atom. The van der Waals surface area contributed by atoms with Crippen molar-refractivity contribution in [1.82, 2.24) is 10.2 Å². The highest BCUT2D eigenvalue weighted by Gasteiger charge is 2.36. The summed E-state index contributed by atoms with van der Waals surface area (Å²) in [6.45, 7) is 1.87. The van der Waals surface area contributed by atoms with Crippen LogP contribution in [-0.2, 0) is 4.79 Å². The van der Waals surface area contributed by atoms with E-state index in [1.165, 1.54) is 11.3 Å². The van der Waals surface area contributed by atoms with Gasteiger partial charge in [-0.15, -0.1) is 22.0 Å². The number of aryl methyl sites for hydroxylation is 1. The van der Waals surface area contributed by atoms with E-state index in [4.69, 9.17) is 0 Å². The number of carbonyl (C=O) groups excluding carboxylic acids is 1. The molecule has 2 aromatic rings. The van der Waals surface area contributed by atoms with Crippen LogP contribution in [0.3, 0.4) is 0 Å². The van der Waals surface area contributed by atoms with Crippen molar-refractivity contribution in [3.63, 3.8) is 0 Å². The van der Waals surface area contributed by atoms with Gasteiger partial charge in [0.05, 0.1) is 5.75 Å². The molecule has 0 aliphatic carbocycles. The Morgan fingerprint density at radius 1 is 1.32 bits per heavy atom. The lowest BCUT2D eigenvalue weighted by molar-refractivity contribution is -0.115. The molecule has 1 aromatic carbocycles. The van der Waals surface area contributed by atoms with Crippen molar-refractivity contribution in [3.8, 4) is 5.75 Å². The number of nitrogens with zero attached hydrogens (tertiary/aromatic N) is 3. The highest BCUT2D eigenvalue weighted by atomic mass is 32.2. The van der Waals surface area contributed by atoms with E-state index < -0.39 is 0 Å². The Hall–Kier alpha value is -1.60. The van der Waals surface area contributed by atoms with Crippen LogP contribution in [-0.4, -0.2) is 27.0 Å². The summed E-state index contributed by atoms with van der Waals surface area (Å²) in [5.41, 5.74) is 0.974. The molecule has 7 heteroatoms. The topological polar surface area (TPSA) is 66.3 Å². The lowest BCUT2D eigenvalue weighted by atomic mass is 10.2. The standard InChI is InChI=1S/C12H11N3O2S2/c1-7-13-14-12(19-7)15-10(17)6-18-11(15)8-2-4-9(16)5-3-8/h2-5,11,16H,6H2,1H3. The number of benzene rings is 1. The van der Waals surface area contributed by atoms with Crippen LogP contribution in [0.4, 0.5) is 5.13 Å². The number of anilines is 1. The number of carbonyl (C=O) groups is 1. The van der Waals surface area contributed by atoms with Gasteiger partial charge >= 0.3 is 0 Å². The van der Waals surface area contributed by atoms with Crippen molar-refractivity contribution >= 4 is 34.1 Å². The van der Waals surface area contributed by atoms with E-state index in [1.54, 1.807) is 28.8 Å². The van der Waals surface area contributed by atoms with Gasteiger partial charge in [0.15, 0.2) is 0 Å². The molecule has 2 heterocycles. The molecule has 1 N–H and O–H groups in total. The molecule has 1 aromatic heterocycles. The Balaban J connectivity index is 1.96. The zero-order valence-corrected chi connectivity index (χ0v) is 11.7. The number of aromatic nitrogens is 2. The Morgan fingerprint density at radius 3 is 2.68 bits per heavy atom. The fraction of sp³-hybridized carbons (Fsp3) is 0.250. The summed E-state index contributed by atoms with van der Waals surface area (Å²) in [4.78, 5) is 13.7. The number of hydrogen-bond donors (Lipinski definition) is 1. The molecular formula is C12H11N3O2S2. The van der Waals surface area contributed by atoms with Crippen molar-refractivity contribution in [3.05, 3.63) is 34.8 Å². The molecule has 1 aliphatic rings. The first-order chi connectivity index (χ1) is 9.15. The molecule has 1 aliphatic heterocycles. The molecule has 98 valence electrons. The van der Waals surface area contributed by atoms with Crippen molar-refractivity contribution in [2.75, 3.05) is 10.7 Å². The molecule has 1 amide bonds. The molecule has 0 saturated carbocycles. The van der Waals surface area contributed by atoms with Gasteiger partial charge in [-0.25, -0.2) is 0 Å². The molecule has 0 spiro atoms. The highest BCUT2D eigenvalue weighted by Crippen LogP contribution is 2.42. The summed E-state index contributed by atoms with van der Waals surface area (Å²) in [5.74, 6) is 0.695. The monoisotopic (exact) mass is 293 g/mol. The van der Waals surface area contributed by atoms with Gasteiger partial charge in [0.25, 0.3) is 0 Å². The fourth-order valence-corrected chi connectivity index (χ4v) is 3.86. The minimum absolute atomic E-state index is 0.0409. The predicted molar refractivity (Wildman–Crippen MR) is 75.4 cm³/mol. The van der Waals surface area contributed by atoms with Crippen LogP contribution in [0.15, 0.2) is 24.3 Å². The predicted octanol–water partition coefficient (Wildman–Crippen LogP) is 2.33. The summed E-state index contributed by atoms with van der Waals surface area (Å²) in [6.07, 6.45) is 0. The normalized spacial score (nSPS) is 19.1. The molecule has 1 atom stereocenters. The largest absolute Gasteiger partial charge is 0.508 e. The number of aromatic hydroxyl groups is 1. The maximum absolute atomic E-state index is 12.0. The quantitative estimate of drug-likeness (QED) is 0.920. The van der Waals surface area contributed by atoms with E-state index in [9.17, 15) is 9.90 Å². The zero-order chi connectivity index (χ0) is 13.4. The average molecular weight is 293 g/mol. The number of hydrogen-bond acceptors (Lipinski definition) is 6. The molecule has 1 saturated heterocycles. The molecule has 3 rings (SSSR count). The molecular weight excluding hydrogens is 282 g/mol. The SMILES string of the molecule is Cc1nnc(N2C(=O)CSC2c2ccc(O)cc2)s1. The molecule has 19 heavy (non-hydrogen) atoms. The van der Waals surface area contributed by atoms with E-state index in [1.807, 2.05) is 19.1 Å². The number of amides is 1. The summed E-state index contributed by atoms with van der Waals surface area (Å²) in [5, 5.41) is 18.7. The molecule has 1 unspecified atom stereocenters. The number of phenolic OH excluding ortho intramolecular Hbond substituents is 1. The summed E-state index contributed by atoms with van der Waals surface area (Å²) in [6, 6.07) is 6.91. The third-order valence-corrected chi connectivity index (χ3v) is 4.82. The van der Waals surface area contributed by atoms with Gasteiger partial charge in [-0.2, -0.15) is 0 Å². The Labute approximate surface area is 118 Å². The number of thioether (sulfide) groups is 1. The first-order valence-corrected chi connectivity index (χ1v) is 7.54. The van der Waals surface area contributed by atoms with Crippen molar-refractivity contribution in [1.29, 1.82) is 0 Å². The van der Waals surface area contributed by atoms with Crippen molar-refractivity contribution < 1.29 is 9.90 Å². The van der Waals surface area contributed by atoms with Crippen molar-refractivity contribution in [2.45, 2.75) is 12.3 Å². The van der Waals surface area contributed by atoms with Crippen LogP contribution < -0.4 is 4.90 Å². The van der Waals surface area contributed by atoms with Crippen LogP contribution in [0.25, 0.3) is 0 Å². The Kier molecular flexibility index (Phi) is 3.16.